The Bertz CT molecular complexity index is 1250. The van der Waals surface area contributed by atoms with Crippen molar-refractivity contribution in [1.29, 1.82) is 0 Å². The third-order valence-corrected chi connectivity index (χ3v) is 5.57. The Morgan fingerprint density at radius 2 is 1.81 bits per heavy atom. The average molecular weight is 416 g/mol. The quantitative estimate of drug-likeness (QED) is 0.538. The highest BCUT2D eigenvalue weighted by Crippen LogP contribution is 2.52. The van der Waals surface area contributed by atoms with Crippen LogP contribution in [0.25, 0.3) is 23.1 Å². The lowest BCUT2D eigenvalue weighted by Gasteiger charge is -2.14. The Hall–Kier alpha value is -3.62. The largest absolute Gasteiger partial charge is 0.419 e. The summed E-state index contributed by atoms with van der Waals surface area (Å²) in [5.74, 6) is 2.36. The van der Waals surface area contributed by atoms with Gasteiger partial charge >= 0.3 is 0 Å². The van der Waals surface area contributed by atoms with Crippen LogP contribution in [0.4, 0.5) is 5.82 Å². The second-order valence-electron chi connectivity index (χ2n) is 8.98. The minimum Gasteiger partial charge on any atom is -0.419 e. The normalized spacial score (nSPS) is 15.2. The van der Waals surface area contributed by atoms with E-state index in [2.05, 4.69) is 49.5 Å². The van der Waals surface area contributed by atoms with E-state index >= 15 is 0 Å². The summed E-state index contributed by atoms with van der Waals surface area (Å²) in [5.41, 5.74) is 7.77. The van der Waals surface area contributed by atoms with E-state index in [0.717, 1.165) is 18.7 Å². The van der Waals surface area contributed by atoms with Gasteiger partial charge in [0.1, 0.15) is 11.5 Å². The lowest BCUT2D eigenvalue weighted by Crippen LogP contribution is -2.15. The summed E-state index contributed by atoms with van der Waals surface area (Å²) in [6.45, 7) is 5.99. The van der Waals surface area contributed by atoms with Crippen molar-refractivity contribution in [2.75, 3.05) is 5.73 Å². The van der Waals surface area contributed by atoms with Crippen LogP contribution in [-0.2, 0) is 17.9 Å². The van der Waals surface area contributed by atoms with E-state index in [1.807, 2.05) is 38.6 Å². The topological polar surface area (TPSA) is 121 Å². The molecular weight excluding hydrogens is 392 g/mol. The summed E-state index contributed by atoms with van der Waals surface area (Å²) < 4.78 is 7.64. The molecule has 0 unspecified atom stereocenters. The van der Waals surface area contributed by atoms with Gasteiger partial charge in [-0.05, 0) is 18.4 Å². The summed E-state index contributed by atoms with van der Waals surface area (Å²) in [5, 5.41) is 12.9. The first-order chi connectivity index (χ1) is 14.8. The molecule has 0 bridgehead atoms. The number of aryl methyl sites for hydroxylation is 1. The molecule has 3 heterocycles. The molecule has 1 aliphatic carbocycles. The molecule has 4 aromatic rings. The molecule has 0 radical (unpaired) electrons. The van der Waals surface area contributed by atoms with Crippen molar-refractivity contribution < 1.29 is 4.42 Å². The number of benzene rings is 1. The van der Waals surface area contributed by atoms with Gasteiger partial charge in [-0.3, -0.25) is 4.68 Å². The zero-order valence-electron chi connectivity index (χ0n) is 18.0. The van der Waals surface area contributed by atoms with Crippen molar-refractivity contribution in [3.63, 3.8) is 0 Å². The summed E-state index contributed by atoms with van der Waals surface area (Å²) in [7, 11) is 1.91. The molecular formula is C22H24N8O. The summed E-state index contributed by atoms with van der Waals surface area (Å²) in [4.78, 5) is 13.7. The van der Waals surface area contributed by atoms with E-state index in [1.54, 1.807) is 6.20 Å². The fraction of sp³-hybridized carbons (Fsp3) is 0.364. The van der Waals surface area contributed by atoms with Crippen molar-refractivity contribution >= 4 is 5.82 Å². The van der Waals surface area contributed by atoms with Crippen LogP contribution in [-0.4, -0.2) is 34.9 Å². The number of nitrogens with two attached hydrogens (primary N) is 1. The molecule has 0 aliphatic heterocycles. The molecule has 1 saturated carbocycles. The molecule has 1 aliphatic rings. The van der Waals surface area contributed by atoms with Gasteiger partial charge in [0, 0.05) is 12.5 Å². The molecule has 0 atom stereocenters. The van der Waals surface area contributed by atoms with Crippen molar-refractivity contribution in [3.05, 3.63) is 53.8 Å². The van der Waals surface area contributed by atoms with Crippen LogP contribution in [0.3, 0.4) is 0 Å². The fourth-order valence-electron chi connectivity index (χ4n) is 3.72. The predicted octanol–water partition coefficient (Wildman–Crippen LogP) is 3.28. The van der Waals surface area contributed by atoms with Gasteiger partial charge in [-0.1, -0.05) is 51.1 Å². The molecule has 0 saturated heterocycles. The Morgan fingerprint density at radius 1 is 1.06 bits per heavy atom. The molecule has 1 fully saturated rings. The van der Waals surface area contributed by atoms with Gasteiger partial charge < -0.3 is 10.2 Å². The van der Waals surface area contributed by atoms with E-state index in [9.17, 15) is 0 Å². The molecule has 1 aromatic carbocycles. The monoisotopic (exact) mass is 416 g/mol. The molecule has 9 nitrogen and oxygen atoms in total. The van der Waals surface area contributed by atoms with E-state index in [0.29, 0.717) is 23.1 Å². The third kappa shape index (κ3) is 3.26. The minimum atomic E-state index is -0.279. The number of rotatable bonds is 4. The van der Waals surface area contributed by atoms with Crippen molar-refractivity contribution in [3.8, 4) is 23.1 Å². The van der Waals surface area contributed by atoms with Crippen LogP contribution < -0.4 is 5.73 Å². The van der Waals surface area contributed by atoms with Crippen LogP contribution in [0.2, 0.25) is 0 Å². The third-order valence-electron chi connectivity index (χ3n) is 5.57. The maximum atomic E-state index is 6.06. The van der Waals surface area contributed by atoms with Crippen molar-refractivity contribution in [1.82, 2.24) is 34.9 Å². The Labute approximate surface area is 179 Å². The van der Waals surface area contributed by atoms with E-state index in [1.165, 1.54) is 5.56 Å². The smallest absolute Gasteiger partial charge is 0.270 e. The van der Waals surface area contributed by atoms with E-state index < -0.39 is 0 Å². The highest BCUT2D eigenvalue weighted by molar-refractivity contribution is 5.65. The standard InChI is InChI=1S/C22H24N8O/c1-21(2,3)20-28-27-18(31-20)15-16(23)24-12-14(25-15)17-26-19(30(4)29-17)22(10-11-22)13-8-6-5-7-9-13/h5-9,12H,10-11H2,1-4H3,(H2,23,24). The molecule has 2 N–H and O–H groups in total. The zero-order chi connectivity index (χ0) is 21.8. The van der Waals surface area contributed by atoms with Crippen LogP contribution >= 0.6 is 0 Å². The summed E-state index contributed by atoms with van der Waals surface area (Å²) in [6.07, 6.45) is 3.65. The molecule has 31 heavy (non-hydrogen) atoms. The Kier molecular flexibility index (Phi) is 4.18. The zero-order valence-corrected chi connectivity index (χ0v) is 18.0. The van der Waals surface area contributed by atoms with Crippen LogP contribution in [0.5, 0.6) is 0 Å². The molecule has 0 amide bonds. The van der Waals surface area contributed by atoms with Gasteiger partial charge in [0.05, 0.1) is 11.6 Å². The maximum Gasteiger partial charge on any atom is 0.270 e. The Morgan fingerprint density at radius 3 is 2.45 bits per heavy atom. The van der Waals surface area contributed by atoms with Crippen molar-refractivity contribution in [2.24, 2.45) is 7.05 Å². The van der Waals surface area contributed by atoms with E-state index in [-0.39, 0.29) is 22.5 Å². The highest BCUT2D eigenvalue weighted by Gasteiger charge is 2.49. The SMILES string of the molecule is Cn1nc(-c2cnc(N)c(-c3nnc(C(C)(C)C)o3)n2)nc1C1(c2ccccc2)CC1. The first kappa shape index (κ1) is 19.3. The van der Waals surface area contributed by atoms with Gasteiger partial charge in [-0.25, -0.2) is 15.0 Å². The molecule has 3 aromatic heterocycles. The van der Waals surface area contributed by atoms with Gasteiger partial charge in [0.2, 0.25) is 11.7 Å². The minimum absolute atomic E-state index is 0.0978. The lowest BCUT2D eigenvalue weighted by atomic mass is 9.95. The van der Waals surface area contributed by atoms with Gasteiger partial charge in [0.15, 0.2) is 11.5 Å². The fourth-order valence-corrected chi connectivity index (χ4v) is 3.72. The second kappa shape index (κ2) is 6.69. The highest BCUT2D eigenvalue weighted by atomic mass is 16.4. The van der Waals surface area contributed by atoms with E-state index in [4.69, 9.17) is 15.1 Å². The Balaban J connectivity index is 1.53. The van der Waals surface area contributed by atoms with Crippen molar-refractivity contribution in [2.45, 2.75) is 44.4 Å². The maximum absolute atomic E-state index is 6.06. The number of nitrogen functional groups attached to an aromatic ring is 1. The molecule has 5 rings (SSSR count). The number of anilines is 1. The van der Waals surface area contributed by atoms with Crippen LogP contribution in [0, 0.1) is 0 Å². The summed E-state index contributed by atoms with van der Waals surface area (Å²) in [6, 6.07) is 10.4. The number of hydrogen-bond donors (Lipinski definition) is 1. The predicted molar refractivity (Wildman–Crippen MR) is 115 cm³/mol. The van der Waals surface area contributed by atoms with Gasteiger partial charge in [0.25, 0.3) is 5.89 Å². The van der Waals surface area contributed by atoms with Gasteiger partial charge in [-0.15, -0.1) is 15.3 Å². The number of nitrogens with zero attached hydrogens (tertiary/aromatic N) is 7. The first-order valence-electron chi connectivity index (χ1n) is 10.2. The molecule has 158 valence electrons. The molecule has 0 spiro atoms. The summed E-state index contributed by atoms with van der Waals surface area (Å²) >= 11 is 0. The average Bonchev–Trinajstić information content (AvgIpc) is 3.20. The number of aromatic nitrogens is 7. The van der Waals surface area contributed by atoms with Gasteiger partial charge in [-0.2, -0.15) is 0 Å². The number of hydrogen-bond acceptors (Lipinski definition) is 8. The second-order valence-corrected chi connectivity index (χ2v) is 8.98. The first-order valence-corrected chi connectivity index (χ1v) is 10.2. The van der Waals surface area contributed by atoms with Crippen LogP contribution in [0.1, 0.15) is 50.9 Å². The molecule has 9 heteroatoms. The van der Waals surface area contributed by atoms with Crippen LogP contribution in [0.15, 0.2) is 40.9 Å². The lowest BCUT2D eigenvalue weighted by molar-refractivity contribution is 0.398.